The Kier molecular flexibility index (Phi) is 10.1. The van der Waals surface area contributed by atoms with Crippen LogP contribution in [0, 0.1) is 0 Å². The Morgan fingerprint density at radius 2 is 1.53 bits per heavy atom. The molecule has 0 aromatic carbocycles. The monoisotopic (exact) mass is 481 g/mol. The Bertz CT molecular complexity index is 715. The van der Waals surface area contributed by atoms with Crippen LogP contribution < -0.4 is 16.1 Å². The summed E-state index contributed by atoms with van der Waals surface area (Å²) >= 11 is 0. The molecule has 1 atom stereocenters. The minimum absolute atomic E-state index is 0.290. The first-order valence-electron chi connectivity index (χ1n) is 12.6. The first-order valence-corrected chi connectivity index (χ1v) is 12.6. The molecule has 2 saturated heterocycles. The fourth-order valence-electron chi connectivity index (χ4n) is 4.62. The number of ketones is 1. The summed E-state index contributed by atoms with van der Waals surface area (Å²) in [6.45, 7) is 5.85. The standard InChI is InChI=1S/C23H39N5O6/c1-2-3-7-18(19(29)20(30)26-28-12-16-34-17-13-28)24-21(31)23(8-5-4-6-9-23)25-22(32)27-10-14-33-15-11-27/h18H,2-17H2,1H3,(H,24,31)(H,25,32)(H,26,30). The quantitative estimate of drug-likeness (QED) is 0.405. The molecule has 3 aliphatic rings. The zero-order valence-corrected chi connectivity index (χ0v) is 20.2. The summed E-state index contributed by atoms with van der Waals surface area (Å²) in [5.41, 5.74) is 1.55. The van der Waals surface area contributed by atoms with Gasteiger partial charge in [0.1, 0.15) is 5.54 Å². The predicted molar refractivity (Wildman–Crippen MR) is 124 cm³/mol. The van der Waals surface area contributed by atoms with Crippen molar-refractivity contribution < 1.29 is 28.7 Å². The minimum Gasteiger partial charge on any atom is -0.379 e. The lowest BCUT2D eigenvalue weighted by atomic mass is 9.80. The van der Waals surface area contributed by atoms with Gasteiger partial charge in [0.25, 0.3) is 0 Å². The van der Waals surface area contributed by atoms with Gasteiger partial charge in [-0.25, -0.2) is 9.80 Å². The number of hydrogen-bond donors (Lipinski definition) is 3. The van der Waals surface area contributed by atoms with Crippen molar-refractivity contribution in [1.82, 2.24) is 26.0 Å². The van der Waals surface area contributed by atoms with Crippen LogP contribution in [0.2, 0.25) is 0 Å². The van der Waals surface area contributed by atoms with E-state index in [0.717, 1.165) is 25.7 Å². The highest BCUT2D eigenvalue weighted by molar-refractivity contribution is 6.38. The van der Waals surface area contributed by atoms with Gasteiger partial charge in [-0.3, -0.25) is 19.8 Å². The average molecular weight is 482 g/mol. The van der Waals surface area contributed by atoms with E-state index in [9.17, 15) is 19.2 Å². The molecule has 192 valence electrons. The number of hydrazine groups is 1. The first kappa shape index (κ1) is 26.4. The van der Waals surface area contributed by atoms with Gasteiger partial charge in [-0.15, -0.1) is 0 Å². The summed E-state index contributed by atoms with van der Waals surface area (Å²) in [6.07, 6.45) is 5.49. The van der Waals surface area contributed by atoms with E-state index in [0.29, 0.717) is 78.3 Å². The second kappa shape index (κ2) is 13.0. The van der Waals surface area contributed by atoms with Crippen LogP contribution in [0.25, 0.3) is 0 Å². The van der Waals surface area contributed by atoms with E-state index in [1.807, 2.05) is 6.92 Å². The van der Waals surface area contributed by atoms with Gasteiger partial charge in [0.05, 0.1) is 32.5 Å². The van der Waals surface area contributed by atoms with Crippen LogP contribution in [-0.4, -0.2) is 97.7 Å². The lowest BCUT2D eigenvalue weighted by Gasteiger charge is -2.39. The van der Waals surface area contributed by atoms with E-state index in [1.165, 1.54) is 0 Å². The number of Topliss-reactive ketones (excluding diaryl/α,β-unsaturated/α-hetero) is 1. The summed E-state index contributed by atoms with van der Waals surface area (Å²) < 4.78 is 10.6. The van der Waals surface area contributed by atoms with Gasteiger partial charge < -0.3 is 25.0 Å². The van der Waals surface area contributed by atoms with Crippen LogP contribution >= 0.6 is 0 Å². The molecule has 1 saturated carbocycles. The number of carbonyl (C=O) groups is 4. The Labute approximate surface area is 201 Å². The molecule has 0 bridgehead atoms. The van der Waals surface area contributed by atoms with Gasteiger partial charge in [-0.1, -0.05) is 39.0 Å². The molecule has 0 aromatic heterocycles. The zero-order valence-electron chi connectivity index (χ0n) is 20.2. The van der Waals surface area contributed by atoms with Crippen molar-refractivity contribution in [2.75, 3.05) is 52.6 Å². The van der Waals surface area contributed by atoms with E-state index < -0.39 is 23.3 Å². The summed E-state index contributed by atoms with van der Waals surface area (Å²) in [4.78, 5) is 53.8. The molecule has 3 fully saturated rings. The van der Waals surface area contributed by atoms with Gasteiger partial charge in [0.2, 0.25) is 11.7 Å². The highest BCUT2D eigenvalue weighted by atomic mass is 16.5. The molecule has 2 aliphatic heterocycles. The largest absolute Gasteiger partial charge is 0.379 e. The lowest BCUT2D eigenvalue weighted by Crippen LogP contribution is -2.65. The molecule has 0 spiro atoms. The van der Waals surface area contributed by atoms with Crippen molar-refractivity contribution in [3.63, 3.8) is 0 Å². The van der Waals surface area contributed by atoms with E-state index in [2.05, 4.69) is 16.1 Å². The number of nitrogens with zero attached hydrogens (tertiary/aromatic N) is 2. The summed E-state index contributed by atoms with van der Waals surface area (Å²) in [5.74, 6) is -1.79. The molecule has 0 aromatic rings. The van der Waals surface area contributed by atoms with Crippen molar-refractivity contribution in [2.45, 2.75) is 69.9 Å². The Hall–Kier alpha value is -2.24. The van der Waals surface area contributed by atoms with Crippen LogP contribution in [-0.2, 0) is 23.9 Å². The van der Waals surface area contributed by atoms with E-state index in [-0.39, 0.29) is 11.9 Å². The predicted octanol–water partition coefficient (Wildman–Crippen LogP) is 0.339. The molecule has 4 amide bonds. The maximum absolute atomic E-state index is 13.5. The number of hydrogen-bond acceptors (Lipinski definition) is 7. The van der Waals surface area contributed by atoms with Crippen LogP contribution in [0.5, 0.6) is 0 Å². The molecular weight excluding hydrogens is 442 g/mol. The zero-order chi connectivity index (χ0) is 24.4. The number of amides is 4. The second-order valence-corrected chi connectivity index (χ2v) is 9.25. The number of unbranched alkanes of at least 4 members (excludes halogenated alkanes) is 1. The van der Waals surface area contributed by atoms with E-state index in [4.69, 9.17) is 9.47 Å². The number of morpholine rings is 2. The molecule has 1 unspecified atom stereocenters. The van der Waals surface area contributed by atoms with Crippen molar-refractivity contribution in [3.05, 3.63) is 0 Å². The number of carbonyl (C=O) groups excluding carboxylic acids is 4. The van der Waals surface area contributed by atoms with Crippen molar-refractivity contribution in [3.8, 4) is 0 Å². The van der Waals surface area contributed by atoms with E-state index >= 15 is 0 Å². The third-order valence-electron chi connectivity index (χ3n) is 6.75. The van der Waals surface area contributed by atoms with Crippen LogP contribution in [0.1, 0.15) is 58.3 Å². The molecule has 3 rings (SSSR count). The topological polar surface area (TPSA) is 129 Å². The lowest BCUT2D eigenvalue weighted by molar-refractivity contribution is -0.144. The van der Waals surface area contributed by atoms with Gasteiger partial charge in [0.15, 0.2) is 0 Å². The summed E-state index contributed by atoms with van der Waals surface area (Å²) in [6, 6.07) is -1.23. The molecule has 2 heterocycles. The fourth-order valence-corrected chi connectivity index (χ4v) is 4.62. The highest BCUT2D eigenvalue weighted by Gasteiger charge is 2.43. The number of nitrogens with one attached hydrogen (secondary N) is 3. The number of ether oxygens (including phenoxy) is 2. The van der Waals surface area contributed by atoms with Gasteiger partial charge in [-0.05, 0) is 19.3 Å². The average Bonchev–Trinajstić information content (AvgIpc) is 2.87. The molecule has 11 heteroatoms. The Morgan fingerprint density at radius 3 is 2.15 bits per heavy atom. The van der Waals surface area contributed by atoms with E-state index in [1.54, 1.807) is 9.91 Å². The molecule has 0 radical (unpaired) electrons. The maximum atomic E-state index is 13.5. The van der Waals surface area contributed by atoms with Crippen LogP contribution in [0.3, 0.4) is 0 Å². The number of rotatable bonds is 9. The SMILES string of the molecule is CCCCC(NC(=O)C1(NC(=O)N2CCOCC2)CCCCC1)C(=O)C(=O)NN1CCOCC1. The summed E-state index contributed by atoms with van der Waals surface area (Å²) in [5, 5.41) is 7.48. The highest BCUT2D eigenvalue weighted by Crippen LogP contribution is 2.29. The fraction of sp³-hybridized carbons (Fsp3) is 0.826. The van der Waals surface area contributed by atoms with Gasteiger partial charge in [-0.2, -0.15) is 0 Å². The third-order valence-corrected chi connectivity index (χ3v) is 6.75. The van der Waals surface area contributed by atoms with Crippen molar-refractivity contribution >= 4 is 23.6 Å². The number of urea groups is 1. The molecular formula is C23H39N5O6. The van der Waals surface area contributed by atoms with Crippen LogP contribution in [0.4, 0.5) is 4.79 Å². The molecule has 3 N–H and O–H groups in total. The Balaban J connectivity index is 1.68. The first-order chi connectivity index (χ1) is 16.4. The maximum Gasteiger partial charge on any atom is 0.318 e. The smallest absolute Gasteiger partial charge is 0.318 e. The summed E-state index contributed by atoms with van der Waals surface area (Å²) in [7, 11) is 0. The molecule has 34 heavy (non-hydrogen) atoms. The molecule has 11 nitrogen and oxygen atoms in total. The third kappa shape index (κ3) is 7.13. The molecule has 1 aliphatic carbocycles. The second-order valence-electron chi connectivity index (χ2n) is 9.25. The van der Waals surface area contributed by atoms with Gasteiger partial charge in [0, 0.05) is 26.2 Å². The van der Waals surface area contributed by atoms with Gasteiger partial charge >= 0.3 is 11.9 Å². The van der Waals surface area contributed by atoms with Crippen molar-refractivity contribution in [1.29, 1.82) is 0 Å². The Morgan fingerprint density at radius 1 is 0.912 bits per heavy atom. The van der Waals surface area contributed by atoms with Crippen LogP contribution in [0.15, 0.2) is 0 Å². The minimum atomic E-state index is -1.08. The van der Waals surface area contributed by atoms with Crippen molar-refractivity contribution in [2.24, 2.45) is 0 Å². The normalized spacial score (nSPS) is 21.9.